The van der Waals surface area contributed by atoms with Crippen molar-refractivity contribution < 1.29 is 9.84 Å². The van der Waals surface area contributed by atoms with Crippen molar-refractivity contribution in [2.24, 2.45) is 0 Å². The van der Waals surface area contributed by atoms with E-state index in [1.807, 2.05) is 50.2 Å². The van der Waals surface area contributed by atoms with E-state index in [0.717, 1.165) is 32.5 Å². The molecule has 0 amide bonds. The largest absolute Gasteiger partial charge is 0.496 e. The number of aliphatic hydroxyl groups excluding tert-OH is 1. The van der Waals surface area contributed by atoms with Crippen molar-refractivity contribution in [1.82, 2.24) is 0 Å². The predicted octanol–water partition coefficient (Wildman–Crippen LogP) is 4.16. The first kappa shape index (κ1) is 14.1. The van der Waals surface area contributed by atoms with Crippen LogP contribution in [0.3, 0.4) is 0 Å². The Morgan fingerprint density at radius 3 is 2.47 bits per heavy atom. The molecule has 2 aromatic carbocycles. The van der Waals surface area contributed by atoms with Crippen molar-refractivity contribution >= 4 is 15.9 Å². The molecule has 1 N–H and O–H groups in total. The third-order valence-corrected chi connectivity index (χ3v) is 3.89. The van der Waals surface area contributed by atoms with Crippen molar-refractivity contribution in [3.63, 3.8) is 0 Å². The van der Waals surface area contributed by atoms with Crippen LogP contribution in [0.5, 0.6) is 5.75 Å². The van der Waals surface area contributed by atoms with E-state index in [-0.39, 0.29) is 0 Å². The van der Waals surface area contributed by atoms with Crippen LogP contribution in [0.15, 0.2) is 40.9 Å². The minimum Gasteiger partial charge on any atom is -0.496 e. The highest BCUT2D eigenvalue weighted by Gasteiger charge is 2.15. The molecule has 0 spiro atoms. The SMILES string of the molecule is COc1cc(C(O)c2ccc(C)cc2Br)ccc1C. The van der Waals surface area contributed by atoms with Crippen molar-refractivity contribution in [3.05, 3.63) is 63.1 Å². The second kappa shape index (κ2) is 5.76. The standard InChI is InChI=1S/C16H17BrO2/c1-10-4-7-13(14(17)8-10)16(18)12-6-5-11(2)15(9-12)19-3/h4-9,16,18H,1-3H3. The van der Waals surface area contributed by atoms with Gasteiger partial charge in [-0.2, -0.15) is 0 Å². The van der Waals surface area contributed by atoms with E-state index in [4.69, 9.17) is 4.74 Å². The summed E-state index contributed by atoms with van der Waals surface area (Å²) < 4.78 is 6.21. The van der Waals surface area contributed by atoms with E-state index in [1.54, 1.807) is 7.11 Å². The quantitative estimate of drug-likeness (QED) is 0.920. The summed E-state index contributed by atoms with van der Waals surface area (Å²) in [5.41, 5.74) is 3.90. The Labute approximate surface area is 122 Å². The Morgan fingerprint density at radius 2 is 1.84 bits per heavy atom. The van der Waals surface area contributed by atoms with Gasteiger partial charge in [-0.3, -0.25) is 0 Å². The van der Waals surface area contributed by atoms with Crippen LogP contribution in [-0.2, 0) is 0 Å². The van der Waals surface area contributed by atoms with Crippen molar-refractivity contribution in [2.75, 3.05) is 7.11 Å². The van der Waals surface area contributed by atoms with Crippen molar-refractivity contribution in [3.8, 4) is 5.75 Å². The number of methoxy groups -OCH3 is 1. The molecule has 2 aromatic rings. The minimum absolute atomic E-state index is 0.663. The van der Waals surface area contributed by atoms with Gasteiger partial charge in [-0.05, 0) is 48.2 Å². The Bertz CT molecular complexity index is 593. The van der Waals surface area contributed by atoms with Gasteiger partial charge in [0.25, 0.3) is 0 Å². The van der Waals surface area contributed by atoms with E-state index >= 15 is 0 Å². The smallest absolute Gasteiger partial charge is 0.122 e. The van der Waals surface area contributed by atoms with Gasteiger partial charge in [-0.25, -0.2) is 0 Å². The van der Waals surface area contributed by atoms with Gasteiger partial charge in [-0.1, -0.05) is 40.2 Å². The van der Waals surface area contributed by atoms with Gasteiger partial charge in [0.2, 0.25) is 0 Å². The summed E-state index contributed by atoms with van der Waals surface area (Å²) >= 11 is 3.50. The van der Waals surface area contributed by atoms with Crippen LogP contribution in [0.2, 0.25) is 0 Å². The molecule has 0 saturated heterocycles. The summed E-state index contributed by atoms with van der Waals surface area (Å²) in [5.74, 6) is 0.791. The first-order valence-corrected chi connectivity index (χ1v) is 6.91. The number of ether oxygens (including phenoxy) is 1. The molecular formula is C16H17BrO2. The fraction of sp³-hybridized carbons (Fsp3) is 0.250. The Kier molecular flexibility index (Phi) is 4.27. The van der Waals surface area contributed by atoms with Crippen LogP contribution in [-0.4, -0.2) is 12.2 Å². The molecule has 1 unspecified atom stereocenters. The molecule has 0 saturated carbocycles. The molecule has 0 aromatic heterocycles. The second-order valence-electron chi connectivity index (χ2n) is 4.66. The van der Waals surface area contributed by atoms with Crippen LogP contribution in [0, 0.1) is 13.8 Å². The summed E-state index contributed by atoms with van der Waals surface area (Å²) in [7, 11) is 1.64. The molecule has 19 heavy (non-hydrogen) atoms. The Hall–Kier alpha value is -1.32. The molecule has 100 valence electrons. The molecule has 2 nitrogen and oxygen atoms in total. The Morgan fingerprint density at radius 1 is 1.11 bits per heavy atom. The van der Waals surface area contributed by atoms with E-state index in [9.17, 15) is 5.11 Å². The zero-order valence-corrected chi connectivity index (χ0v) is 12.9. The van der Waals surface area contributed by atoms with Gasteiger partial charge < -0.3 is 9.84 Å². The van der Waals surface area contributed by atoms with Gasteiger partial charge in [0.15, 0.2) is 0 Å². The van der Waals surface area contributed by atoms with Gasteiger partial charge >= 0.3 is 0 Å². The molecule has 0 radical (unpaired) electrons. The van der Waals surface area contributed by atoms with Gasteiger partial charge in [0.1, 0.15) is 11.9 Å². The molecule has 3 heteroatoms. The molecular weight excluding hydrogens is 304 g/mol. The number of hydrogen-bond acceptors (Lipinski definition) is 2. The van der Waals surface area contributed by atoms with Crippen LogP contribution in [0.25, 0.3) is 0 Å². The lowest BCUT2D eigenvalue weighted by Crippen LogP contribution is -2.02. The lowest BCUT2D eigenvalue weighted by atomic mass is 9.99. The van der Waals surface area contributed by atoms with Crippen LogP contribution >= 0.6 is 15.9 Å². The third kappa shape index (κ3) is 2.99. The highest BCUT2D eigenvalue weighted by atomic mass is 79.9. The monoisotopic (exact) mass is 320 g/mol. The molecule has 0 aliphatic heterocycles. The second-order valence-corrected chi connectivity index (χ2v) is 5.51. The average Bonchev–Trinajstić information content (AvgIpc) is 2.38. The fourth-order valence-corrected chi connectivity index (χ4v) is 2.75. The van der Waals surface area contributed by atoms with E-state index in [0.29, 0.717) is 0 Å². The van der Waals surface area contributed by atoms with Crippen molar-refractivity contribution in [1.29, 1.82) is 0 Å². The summed E-state index contributed by atoms with van der Waals surface area (Å²) in [6, 6.07) is 11.7. The maximum absolute atomic E-state index is 10.5. The van der Waals surface area contributed by atoms with E-state index in [1.165, 1.54) is 0 Å². The normalized spacial score (nSPS) is 12.3. The van der Waals surface area contributed by atoms with Crippen LogP contribution < -0.4 is 4.74 Å². The minimum atomic E-state index is -0.663. The summed E-state index contributed by atoms with van der Waals surface area (Å²) in [6.07, 6.45) is -0.663. The summed E-state index contributed by atoms with van der Waals surface area (Å²) in [4.78, 5) is 0. The van der Waals surface area contributed by atoms with Gasteiger partial charge in [-0.15, -0.1) is 0 Å². The molecule has 0 aliphatic carbocycles. The van der Waals surface area contributed by atoms with Crippen LogP contribution in [0.1, 0.15) is 28.4 Å². The molecule has 0 fully saturated rings. The first-order valence-electron chi connectivity index (χ1n) is 6.11. The molecule has 0 heterocycles. The van der Waals surface area contributed by atoms with Gasteiger partial charge in [0, 0.05) is 4.47 Å². The van der Waals surface area contributed by atoms with Gasteiger partial charge in [0.05, 0.1) is 7.11 Å². The molecule has 1 atom stereocenters. The summed E-state index contributed by atoms with van der Waals surface area (Å²) in [5, 5.41) is 10.5. The number of benzene rings is 2. The third-order valence-electron chi connectivity index (χ3n) is 3.20. The summed E-state index contributed by atoms with van der Waals surface area (Å²) in [6.45, 7) is 4.01. The fourth-order valence-electron chi connectivity index (χ4n) is 2.04. The predicted molar refractivity (Wildman–Crippen MR) is 80.7 cm³/mol. The van der Waals surface area contributed by atoms with E-state index in [2.05, 4.69) is 15.9 Å². The zero-order chi connectivity index (χ0) is 14.0. The highest BCUT2D eigenvalue weighted by molar-refractivity contribution is 9.10. The zero-order valence-electron chi connectivity index (χ0n) is 11.3. The first-order chi connectivity index (χ1) is 9.02. The maximum Gasteiger partial charge on any atom is 0.122 e. The van der Waals surface area contributed by atoms with Crippen LogP contribution in [0.4, 0.5) is 0 Å². The van der Waals surface area contributed by atoms with E-state index < -0.39 is 6.10 Å². The lowest BCUT2D eigenvalue weighted by molar-refractivity contribution is 0.219. The number of halogens is 1. The number of aryl methyl sites for hydroxylation is 2. The number of hydrogen-bond donors (Lipinski definition) is 1. The topological polar surface area (TPSA) is 29.5 Å². The molecule has 0 bridgehead atoms. The highest BCUT2D eigenvalue weighted by Crippen LogP contribution is 2.31. The average molecular weight is 321 g/mol. The molecule has 0 aliphatic rings. The maximum atomic E-state index is 10.5. The number of rotatable bonds is 3. The lowest BCUT2D eigenvalue weighted by Gasteiger charge is -2.15. The van der Waals surface area contributed by atoms with Crippen molar-refractivity contribution in [2.45, 2.75) is 20.0 Å². The number of aliphatic hydroxyl groups is 1. The Balaban J connectivity index is 2.40. The molecule has 2 rings (SSSR count).